The van der Waals surface area contributed by atoms with Crippen molar-refractivity contribution in [3.8, 4) is 0 Å². The first kappa shape index (κ1) is 10.9. The molecule has 1 saturated heterocycles. The molecule has 2 N–H and O–H groups in total. The first-order chi connectivity index (χ1) is 7.28. The zero-order chi connectivity index (χ0) is 10.7. The molecule has 3 nitrogen and oxygen atoms in total. The Balaban J connectivity index is 1.90. The lowest BCUT2D eigenvalue weighted by molar-refractivity contribution is -0.0541. The second-order valence-corrected chi connectivity index (χ2v) is 4.02. The van der Waals surface area contributed by atoms with Gasteiger partial charge in [-0.2, -0.15) is 0 Å². The fourth-order valence-corrected chi connectivity index (χ4v) is 1.68. The average molecular weight is 228 g/mol. The maximum Gasteiger partial charge on any atom is 0.162 e. The highest BCUT2D eigenvalue weighted by Gasteiger charge is 2.24. The van der Waals surface area contributed by atoms with E-state index in [-0.39, 0.29) is 12.4 Å². The second-order valence-electron chi connectivity index (χ2n) is 3.59. The van der Waals surface area contributed by atoms with Gasteiger partial charge >= 0.3 is 0 Å². The van der Waals surface area contributed by atoms with Crippen molar-refractivity contribution in [3.63, 3.8) is 0 Å². The lowest BCUT2D eigenvalue weighted by Gasteiger charge is -2.10. The molecule has 15 heavy (non-hydrogen) atoms. The predicted octanol–water partition coefficient (Wildman–Crippen LogP) is 1.58. The van der Waals surface area contributed by atoms with Crippen LogP contribution in [0.15, 0.2) is 24.3 Å². The molecule has 1 aromatic carbocycles. The molecule has 4 heteroatoms. The zero-order valence-electron chi connectivity index (χ0n) is 8.36. The van der Waals surface area contributed by atoms with Gasteiger partial charge in [0, 0.05) is 18.0 Å². The third-order valence-electron chi connectivity index (χ3n) is 2.39. The standard InChI is InChI=1S/C11H14ClNO2/c12-9-3-1-8(2-4-9)5-11-14-7-10(6-13)15-11/h1-4,10-11H,5-7,13H2. The van der Waals surface area contributed by atoms with E-state index in [0.29, 0.717) is 13.2 Å². The lowest BCUT2D eigenvalue weighted by atomic mass is 10.1. The Bertz CT molecular complexity index is 315. The van der Waals surface area contributed by atoms with Crippen LogP contribution >= 0.6 is 11.6 Å². The molecular weight excluding hydrogens is 214 g/mol. The Hall–Kier alpha value is -0.610. The molecule has 1 aromatic rings. The fourth-order valence-electron chi connectivity index (χ4n) is 1.55. The topological polar surface area (TPSA) is 44.5 Å². The molecule has 0 spiro atoms. The number of ether oxygens (including phenoxy) is 2. The van der Waals surface area contributed by atoms with Gasteiger partial charge in [0.15, 0.2) is 6.29 Å². The smallest absolute Gasteiger partial charge is 0.162 e. The van der Waals surface area contributed by atoms with Gasteiger partial charge in [-0.05, 0) is 17.7 Å². The maximum atomic E-state index is 5.79. The van der Waals surface area contributed by atoms with Gasteiger partial charge < -0.3 is 15.2 Å². The summed E-state index contributed by atoms with van der Waals surface area (Å²) in [6.45, 7) is 1.10. The highest BCUT2D eigenvalue weighted by molar-refractivity contribution is 6.30. The summed E-state index contributed by atoms with van der Waals surface area (Å²) in [4.78, 5) is 0. The highest BCUT2D eigenvalue weighted by Crippen LogP contribution is 2.17. The third kappa shape index (κ3) is 2.92. The van der Waals surface area contributed by atoms with Gasteiger partial charge in [0.05, 0.1) is 12.7 Å². The number of rotatable bonds is 3. The van der Waals surface area contributed by atoms with Crippen LogP contribution in [-0.2, 0) is 15.9 Å². The molecule has 1 aliphatic rings. The molecule has 0 bridgehead atoms. The van der Waals surface area contributed by atoms with Crippen molar-refractivity contribution in [3.05, 3.63) is 34.9 Å². The Labute approximate surface area is 94.1 Å². The van der Waals surface area contributed by atoms with Gasteiger partial charge in [-0.15, -0.1) is 0 Å². The van der Waals surface area contributed by atoms with Crippen molar-refractivity contribution in [2.75, 3.05) is 13.2 Å². The van der Waals surface area contributed by atoms with Gasteiger partial charge in [0.2, 0.25) is 0 Å². The van der Waals surface area contributed by atoms with Crippen molar-refractivity contribution < 1.29 is 9.47 Å². The molecule has 1 heterocycles. The summed E-state index contributed by atoms with van der Waals surface area (Å²) in [5.41, 5.74) is 6.64. The molecule has 0 aliphatic carbocycles. The van der Waals surface area contributed by atoms with Crippen LogP contribution in [0.1, 0.15) is 5.56 Å². The van der Waals surface area contributed by atoms with E-state index in [1.807, 2.05) is 24.3 Å². The van der Waals surface area contributed by atoms with Crippen LogP contribution in [0.25, 0.3) is 0 Å². The molecule has 2 atom stereocenters. The van der Waals surface area contributed by atoms with Crippen molar-refractivity contribution >= 4 is 11.6 Å². The van der Waals surface area contributed by atoms with E-state index >= 15 is 0 Å². The zero-order valence-corrected chi connectivity index (χ0v) is 9.11. The summed E-state index contributed by atoms with van der Waals surface area (Å²) in [7, 11) is 0. The summed E-state index contributed by atoms with van der Waals surface area (Å²) in [5, 5.41) is 0.742. The third-order valence-corrected chi connectivity index (χ3v) is 2.64. The van der Waals surface area contributed by atoms with Crippen LogP contribution in [0.4, 0.5) is 0 Å². The molecule has 0 radical (unpaired) electrons. The van der Waals surface area contributed by atoms with Crippen LogP contribution < -0.4 is 5.73 Å². The molecular formula is C11H14ClNO2. The quantitative estimate of drug-likeness (QED) is 0.853. The SMILES string of the molecule is NCC1COC(Cc2ccc(Cl)cc2)O1. The van der Waals surface area contributed by atoms with E-state index in [1.165, 1.54) is 0 Å². The minimum absolute atomic E-state index is 0.0438. The fraction of sp³-hybridized carbons (Fsp3) is 0.455. The Morgan fingerprint density at radius 3 is 2.67 bits per heavy atom. The largest absolute Gasteiger partial charge is 0.350 e. The number of hydrogen-bond acceptors (Lipinski definition) is 3. The maximum absolute atomic E-state index is 5.79. The van der Waals surface area contributed by atoms with Crippen molar-refractivity contribution in [1.29, 1.82) is 0 Å². The Morgan fingerprint density at radius 1 is 1.33 bits per heavy atom. The molecule has 0 amide bonds. The highest BCUT2D eigenvalue weighted by atomic mass is 35.5. The second kappa shape index (κ2) is 4.94. The first-order valence-corrected chi connectivity index (χ1v) is 5.37. The van der Waals surface area contributed by atoms with E-state index in [1.54, 1.807) is 0 Å². The van der Waals surface area contributed by atoms with E-state index in [4.69, 9.17) is 26.8 Å². The van der Waals surface area contributed by atoms with Gasteiger partial charge in [0.1, 0.15) is 0 Å². The van der Waals surface area contributed by atoms with Crippen molar-refractivity contribution in [2.24, 2.45) is 5.73 Å². The lowest BCUT2D eigenvalue weighted by Crippen LogP contribution is -2.23. The van der Waals surface area contributed by atoms with Crippen LogP contribution in [-0.4, -0.2) is 25.5 Å². The molecule has 2 rings (SSSR count). The summed E-state index contributed by atoms with van der Waals surface area (Å²) < 4.78 is 11.0. The van der Waals surface area contributed by atoms with E-state index in [2.05, 4.69) is 0 Å². The summed E-state index contributed by atoms with van der Waals surface area (Å²) >= 11 is 5.79. The van der Waals surface area contributed by atoms with Crippen molar-refractivity contribution in [1.82, 2.24) is 0 Å². The number of halogens is 1. The van der Waals surface area contributed by atoms with Crippen LogP contribution in [0.5, 0.6) is 0 Å². The van der Waals surface area contributed by atoms with Gasteiger partial charge in [0.25, 0.3) is 0 Å². The average Bonchev–Trinajstić information content (AvgIpc) is 2.69. The molecule has 0 saturated carbocycles. The van der Waals surface area contributed by atoms with Gasteiger partial charge in [-0.25, -0.2) is 0 Å². The number of nitrogens with two attached hydrogens (primary N) is 1. The van der Waals surface area contributed by atoms with E-state index in [0.717, 1.165) is 17.0 Å². The van der Waals surface area contributed by atoms with Crippen LogP contribution in [0, 0.1) is 0 Å². The summed E-state index contributed by atoms with van der Waals surface area (Å²) in [6.07, 6.45) is 0.621. The van der Waals surface area contributed by atoms with Gasteiger partial charge in [-0.3, -0.25) is 0 Å². The van der Waals surface area contributed by atoms with Gasteiger partial charge in [-0.1, -0.05) is 23.7 Å². The molecule has 82 valence electrons. The Morgan fingerprint density at radius 2 is 2.07 bits per heavy atom. The van der Waals surface area contributed by atoms with Crippen molar-refractivity contribution in [2.45, 2.75) is 18.8 Å². The number of hydrogen-bond donors (Lipinski definition) is 1. The molecule has 2 unspecified atom stereocenters. The first-order valence-electron chi connectivity index (χ1n) is 4.99. The Kier molecular flexibility index (Phi) is 3.59. The van der Waals surface area contributed by atoms with Crippen LogP contribution in [0.3, 0.4) is 0 Å². The molecule has 1 fully saturated rings. The normalized spacial score (nSPS) is 25.7. The molecule has 1 aliphatic heterocycles. The number of benzene rings is 1. The van der Waals surface area contributed by atoms with E-state index < -0.39 is 0 Å². The molecule has 0 aromatic heterocycles. The summed E-state index contributed by atoms with van der Waals surface area (Å²) in [5.74, 6) is 0. The predicted molar refractivity (Wildman–Crippen MR) is 58.8 cm³/mol. The minimum Gasteiger partial charge on any atom is -0.350 e. The summed E-state index contributed by atoms with van der Waals surface area (Å²) in [6, 6.07) is 7.69. The van der Waals surface area contributed by atoms with Crippen LogP contribution in [0.2, 0.25) is 5.02 Å². The monoisotopic (exact) mass is 227 g/mol. The minimum atomic E-state index is -0.167. The van der Waals surface area contributed by atoms with E-state index in [9.17, 15) is 0 Å².